The van der Waals surface area contributed by atoms with Crippen molar-refractivity contribution in [3.8, 4) is 5.75 Å². The van der Waals surface area contributed by atoms with Crippen LogP contribution in [0.1, 0.15) is 24.0 Å². The van der Waals surface area contributed by atoms with E-state index in [2.05, 4.69) is 5.32 Å². The molecule has 2 amide bonds. The molecule has 2 aromatic rings. The van der Waals surface area contributed by atoms with Crippen LogP contribution >= 0.6 is 0 Å². The summed E-state index contributed by atoms with van der Waals surface area (Å²) in [5.41, 5.74) is 3.47. The van der Waals surface area contributed by atoms with Gasteiger partial charge in [-0.05, 0) is 37.1 Å². The van der Waals surface area contributed by atoms with Crippen LogP contribution in [0.2, 0.25) is 0 Å². The Bertz CT molecular complexity index is 801. The number of hydrogen-bond acceptors (Lipinski definition) is 3. The Hall–Kier alpha value is -2.82. The minimum absolute atomic E-state index is 0.0848. The van der Waals surface area contributed by atoms with Crippen molar-refractivity contribution in [2.75, 3.05) is 23.9 Å². The molecule has 0 aliphatic carbocycles. The quantitative estimate of drug-likeness (QED) is 0.910. The first-order valence-electron chi connectivity index (χ1n) is 8.40. The van der Waals surface area contributed by atoms with Gasteiger partial charge in [0.25, 0.3) is 0 Å². The monoisotopic (exact) mass is 338 g/mol. The van der Waals surface area contributed by atoms with Crippen LogP contribution < -0.4 is 15.0 Å². The molecule has 5 heteroatoms. The van der Waals surface area contributed by atoms with Gasteiger partial charge in [-0.25, -0.2) is 0 Å². The maximum Gasteiger partial charge on any atom is 0.228 e. The number of methoxy groups -OCH3 is 1. The van der Waals surface area contributed by atoms with E-state index in [0.717, 1.165) is 17.5 Å². The molecule has 0 atom stereocenters. The summed E-state index contributed by atoms with van der Waals surface area (Å²) in [6.45, 7) is 2.68. The second-order valence-electron chi connectivity index (χ2n) is 6.25. The maximum atomic E-state index is 12.3. The average molecular weight is 338 g/mol. The van der Waals surface area contributed by atoms with Gasteiger partial charge in [-0.3, -0.25) is 9.59 Å². The molecule has 1 N–H and O–H groups in total. The van der Waals surface area contributed by atoms with Gasteiger partial charge in [-0.15, -0.1) is 0 Å². The van der Waals surface area contributed by atoms with Crippen LogP contribution in [0.15, 0.2) is 42.5 Å². The number of nitrogens with one attached hydrogen (secondary N) is 1. The second kappa shape index (κ2) is 7.38. The van der Waals surface area contributed by atoms with E-state index in [1.54, 1.807) is 30.2 Å². The van der Waals surface area contributed by atoms with Crippen LogP contribution in [0.25, 0.3) is 0 Å². The summed E-state index contributed by atoms with van der Waals surface area (Å²) in [5.74, 6) is 0.628. The number of benzene rings is 2. The molecule has 0 spiro atoms. The average Bonchev–Trinajstić information content (AvgIpc) is 3.00. The van der Waals surface area contributed by atoms with Crippen LogP contribution in [-0.2, 0) is 16.0 Å². The fourth-order valence-corrected chi connectivity index (χ4v) is 3.09. The van der Waals surface area contributed by atoms with Gasteiger partial charge in [0.2, 0.25) is 11.8 Å². The molecule has 1 aliphatic heterocycles. The first-order valence-corrected chi connectivity index (χ1v) is 8.40. The molecule has 1 fully saturated rings. The van der Waals surface area contributed by atoms with Crippen LogP contribution in [0.5, 0.6) is 5.75 Å². The Morgan fingerprint density at radius 2 is 2.08 bits per heavy atom. The predicted molar refractivity (Wildman–Crippen MR) is 98.1 cm³/mol. The molecule has 0 unspecified atom stereocenters. The highest BCUT2D eigenvalue weighted by molar-refractivity contribution is 5.98. The molecule has 0 radical (unpaired) electrons. The van der Waals surface area contributed by atoms with Gasteiger partial charge < -0.3 is 15.0 Å². The molecule has 5 nitrogen and oxygen atoms in total. The van der Waals surface area contributed by atoms with Gasteiger partial charge in [-0.2, -0.15) is 0 Å². The third-order valence-electron chi connectivity index (χ3n) is 4.27. The van der Waals surface area contributed by atoms with Gasteiger partial charge in [0.05, 0.1) is 19.2 Å². The third kappa shape index (κ3) is 3.99. The first kappa shape index (κ1) is 17.0. The fraction of sp³-hybridized carbons (Fsp3) is 0.300. The first-order chi connectivity index (χ1) is 12.1. The van der Waals surface area contributed by atoms with E-state index in [1.807, 2.05) is 31.2 Å². The summed E-state index contributed by atoms with van der Waals surface area (Å²) >= 11 is 0. The summed E-state index contributed by atoms with van der Waals surface area (Å²) in [5, 5.41) is 2.91. The highest BCUT2D eigenvalue weighted by atomic mass is 16.5. The fourth-order valence-electron chi connectivity index (χ4n) is 3.09. The maximum absolute atomic E-state index is 12.3. The van der Waals surface area contributed by atoms with Crippen molar-refractivity contribution in [3.63, 3.8) is 0 Å². The predicted octanol–water partition coefficient (Wildman–Crippen LogP) is 3.31. The van der Waals surface area contributed by atoms with Gasteiger partial charge >= 0.3 is 0 Å². The standard InChI is InChI=1S/C20H22N2O3/c1-14-5-3-6-15(11-14)12-19(23)21-16-8-9-18(25-2)17(13-16)22-10-4-7-20(22)24/h3,5-6,8-9,11,13H,4,7,10,12H2,1-2H3,(H,21,23). The SMILES string of the molecule is COc1ccc(NC(=O)Cc2cccc(C)c2)cc1N1CCCC1=O. The summed E-state index contributed by atoms with van der Waals surface area (Å²) in [6.07, 6.45) is 1.70. The van der Waals surface area contributed by atoms with Crippen LogP contribution in [0.4, 0.5) is 11.4 Å². The van der Waals surface area contributed by atoms with Crippen molar-refractivity contribution >= 4 is 23.2 Å². The third-order valence-corrected chi connectivity index (χ3v) is 4.27. The van der Waals surface area contributed by atoms with E-state index >= 15 is 0 Å². The van der Waals surface area contributed by atoms with E-state index in [4.69, 9.17) is 4.74 Å². The van der Waals surface area contributed by atoms with Gasteiger partial charge in [0.15, 0.2) is 0 Å². The van der Waals surface area contributed by atoms with Crippen molar-refractivity contribution in [2.45, 2.75) is 26.2 Å². The van der Waals surface area contributed by atoms with E-state index in [0.29, 0.717) is 36.5 Å². The molecule has 1 heterocycles. The lowest BCUT2D eigenvalue weighted by Gasteiger charge is -2.20. The second-order valence-corrected chi connectivity index (χ2v) is 6.25. The van der Waals surface area contributed by atoms with Gasteiger partial charge in [-0.1, -0.05) is 29.8 Å². The molecule has 2 aromatic carbocycles. The largest absolute Gasteiger partial charge is 0.495 e. The molecule has 0 saturated carbocycles. The zero-order valence-electron chi connectivity index (χ0n) is 14.5. The topological polar surface area (TPSA) is 58.6 Å². The molecule has 130 valence electrons. The molecule has 1 saturated heterocycles. The zero-order chi connectivity index (χ0) is 17.8. The Kier molecular flexibility index (Phi) is 5.03. The summed E-state index contributed by atoms with van der Waals surface area (Å²) in [4.78, 5) is 26.1. The van der Waals surface area contributed by atoms with Crippen LogP contribution in [0, 0.1) is 6.92 Å². The number of amides is 2. The number of rotatable bonds is 5. The Labute approximate surface area is 147 Å². The lowest BCUT2D eigenvalue weighted by molar-refractivity contribution is -0.117. The van der Waals surface area contributed by atoms with Gasteiger partial charge in [0.1, 0.15) is 5.75 Å². The molecule has 3 rings (SSSR count). The normalized spacial score (nSPS) is 13.8. The summed E-state index contributed by atoms with van der Waals surface area (Å²) in [7, 11) is 1.58. The Balaban J connectivity index is 1.76. The van der Waals surface area contributed by atoms with Crippen molar-refractivity contribution in [3.05, 3.63) is 53.6 Å². The van der Waals surface area contributed by atoms with E-state index in [1.165, 1.54) is 0 Å². The number of carbonyl (C=O) groups is 2. The molecular weight excluding hydrogens is 316 g/mol. The molecule has 0 aromatic heterocycles. The Morgan fingerprint density at radius 3 is 2.76 bits per heavy atom. The van der Waals surface area contributed by atoms with E-state index in [-0.39, 0.29) is 11.8 Å². The number of nitrogens with zero attached hydrogens (tertiary/aromatic N) is 1. The molecular formula is C20H22N2O3. The van der Waals surface area contributed by atoms with Crippen LogP contribution in [-0.4, -0.2) is 25.5 Å². The van der Waals surface area contributed by atoms with Crippen molar-refractivity contribution < 1.29 is 14.3 Å². The molecule has 25 heavy (non-hydrogen) atoms. The highest BCUT2D eigenvalue weighted by Crippen LogP contribution is 2.34. The number of anilines is 2. The number of carbonyl (C=O) groups excluding carboxylic acids is 2. The summed E-state index contributed by atoms with van der Waals surface area (Å²) in [6, 6.07) is 13.3. The summed E-state index contributed by atoms with van der Waals surface area (Å²) < 4.78 is 5.37. The Morgan fingerprint density at radius 1 is 1.24 bits per heavy atom. The molecule has 0 bridgehead atoms. The van der Waals surface area contributed by atoms with Crippen molar-refractivity contribution in [1.29, 1.82) is 0 Å². The lowest BCUT2D eigenvalue weighted by atomic mass is 10.1. The van der Waals surface area contributed by atoms with Crippen LogP contribution in [0.3, 0.4) is 0 Å². The minimum atomic E-state index is -0.0885. The van der Waals surface area contributed by atoms with E-state index in [9.17, 15) is 9.59 Å². The number of hydrogen-bond donors (Lipinski definition) is 1. The van der Waals surface area contributed by atoms with E-state index < -0.39 is 0 Å². The number of aryl methyl sites for hydroxylation is 1. The highest BCUT2D eigenvalue weighted by Gasteiger charge is 2.24. The smallest absolute Gasteiger partial charge is 0.228 e. The molecule has 1 aliphatic rings. The minimum Gasteiger partial charge on any atom is -0.495 e. The lowest BCUT2D eigenvalue weighted by Crippen LogP contribution is -2.24. The zero-order valence-corrected chi connectivity index (χ0v) is 14.5. The van der Waals surface area contributed by atoms with Gasteiger partial charge in [0, 0.05) is 18.7 Å². The van der Waals surface area contributed by atoms with Crippen molar-refractivity contribution in [1.82, 2.24) is 0 Å². The van der Waals surface area contributed by atoms with Crippen molar-refractivity contribution in [2.24, 2.45) is 0 Å². The number of ether oxygens (including phenoxy) is 1.